The Labute approximate surface area is 216 Å². The Hall–Kier alpha value is -4.68. The summed E-state index contributed by atoms with van der Waals surface area (Å²) in [6.07, 6.45) is 0. The van der Waals surface area contributed by atoms with Crippen LogP contribution in [-0.4, -0.2) is 37.4 Å². The average molecular weight is 497 g/mol. The van der Waals surface area contributed by atoms with Crippen LogP contribution in [0.15, 0.2) is 99.3 Å². The van der Waals surface area contributed by atoms with E-state index in [-0.39, 0.29) is 13.2 Å². The number of nitriles is 1. The predicted octanol–water partition coefficient (Wildman–Crippen LogP) is 6.62. The Kier molecular flexibility index (Phi) is 9.76. The Balaban J connectivity index is 1.62. The van der Waals surface area contributed by atoms with E-state index in [1.807, 2.05) is 54.3 Å². The molecule has 3 aromatic rings. The molecule has 37 heavy (non-hydrogen) atoms. The van der Waals surface area contributed by atoms with E-state index in [0.717, 1.165) is 11.3 Å². The average Bonchev–Trinajstić information content (AvgIpc) is 2.91. The number of esters is 1. The Morgan fingerprint density at radius 1 is 0.946 bits per heavy atom. The molecule has 0 spiro atoms. The van der Waals surface area contributed by atoms with E-state index in [1.54, 1.807) is 31.2 Å². The summed E-state index contributed by atoms with van der Waals surface area (Å²) in [6, 6.07) is 21.9. The van der Waals surface area contributed by atoms with Gasteiger partial charge in [-0.15, -0.1) is 0 Å². The lowest BCUT2D eigenvalue weighted by atomic mass is 10.2. The van der Waals surface area contributed by atoms with Crippen molar-refractivity contribution in [2.45, 2.75) is 13.8 Å². The Morgan fingerprint density at radius 2 is 1.54 bits per heavy atom. The lowest BCUT2D eigenvalue weighted by Gasteiger charge is -2.23. The molecule has 0 atom stereocenters. The van der Waals surface area contributed by atoms with Crippen LogP contribution in [0.25, 0.3) is 0 Å². The van der Waals surface area contributed by atoms with Gasteiger partial charge in [-0.1, -0.05) is 6.58 Å². The fourth-order valence-electron chi connectivity index (χ4n) is 3.24. The number of rotatable bonds is 11. The van der Waals surface area contributed by atoms with Crippen molar-refractivity contribution in [3.05, 3.63) is 90.0 Å². The highest BCUT2D eigenvalue weighted by atomic mass is 16.5. The summed E-state index contributed by atoms with van der Waals surface area (Å²) in [5, 5.41) is 35.4. The van der Waals surface area contributed by atoms with E-state index < -0.39 is 5.97 Å². The second-order valence-corrected chi connectivity index (χ2v) is 8.17. The zero-order valence-corrected chi connectivity index (χ0v) is 20.8. The monoisotopic (exact) mass is 496 g/mol. The van der Waals surface area contributed by atoms with Gasteiger partial charge in [0.05, 0.1) is 47.5 Å². The fourth-order valence-corrected chi connectivity index (χ4v) is 3.24. The van der Waals surface area contributed by atoms with Crippen molar-refractivity contribution in [3.8, 4) is 6.07 Å². The summed E-state index contributed by atoms with van der Waals surface area (Å²) in [6.45, 7) is 8.09. The molecule has 0 aliphatic heterocycles. The molecule has 0 fully saturated rings. The van der Waals surface area contributed by atoms with Gasteiger partial charge in [0.1, 0.15) is 6.61 Å². The van der Waals surface area contributed by atoms with Gasteiger partial charge < -0.3 is 14.7 Å². The Bertz CT molecular complexity index is 1330. The number of nitrogens with zero attached hydrogens (tertiary/aromatic N) is 6. The molecule has 0 bridgehead atoms. The van der Waals surface area contributed by atoms with Gasteiger partial charge in [-0.25, -0.2) is 4.79 Å². The maximum Gasteiger partial charge on any atom is 0.333 e. The van der Waals surface area contributed by atoms with Crippen molar-refractivity contribution >= 4 is 34.4 Å². The molecule has 9 nitrogen and oxygen atoms in total. The third-order valence-corrected chi connectivity index (χ3v) is 5.26. The van der Waals surface area contributed by atoms with Crippen molar-refractivity contribution in [2.75, 3.05) is 31.2 Å². The fraction of sp³-hybridized carbons (Fsp3) is 0.214. The maximum atomic E-state index is 11.6. The van der Waals surface area contributed by atoms with Gasteiger partial charge in [-0.05, 0) is 86.1 Å². The van der Waals surface area contributed by atoms with Crippen molar-refractivity contribution in [3.63, 3.8) is 0 Å². The largest absolute Gasteiger partial charge is 0.460 e. The molecule has 188 valence electrons. The third kappa shape index (κ3) is 8.19. The van der Waals surface area contributed by atoms with E-state index in [2.05, 4.69) is 33.1 Å². The number of ether oxygens (including phenoxy) is 1. The summed E-state index contributed by atoms with van der Waals surface area (Å²) in [5.41, 5.74) is 5.41. The third-order valence-electron chi connectivity index (χ3n) is 5.26. The van der Waals surface area contributed by atoms with Crippen LogP contribution >= 0.6 is 0 Å². The number of aryl methyl sites for hydroxylation is 1. The second-order valence-electron chi connectivity index (χ2n) is 8.17. The molecule has 0 aliphatic rings. The standard InChI is InChI=1S/C28H28N6O3/c1-20(2)28(36)37-17-15-34(14-16-35)26-11-8-24(9-12-26)31-33-27-13-10-25(18-21(27)3)32-30-23-6-4-22(19-29)5-7-23/h4-13,18,35H,1,14-17H2,2-3H3/b32-30+,33-31+. The first kappa shape index (κ1) is 26.9. The molecule has 0 aliphatic carbocycles. The van der Waals surface area contributed by atoms with Crippen LogP contribution in [0.4, 0.5) is 28.4 Å². The first-order valence-corrected chi connectivity index (χ1v) is 11.6. The summed E-state index contributed by atoms with van der Waals surface area (Å²) >= 11 is 0. The molecule has 0 aromatic heterocycles. The molecular formula is C28H28N6O3. The number of aliphatic hydroxyl groups excluding tert-OH is 1. The minimum atomic E-state index is -0.433. The van der Waals surface area contributed by atoms with Crippen molar-refractivity contribution in [1.29, 1.82) is 5.26 Å². The molecule has 0 saturated carbocycles. The van der Waals surface area contributed by atoms with Crippen LogP contribution in [0, 0.1) is 18.3 Å². The van der Waals surface area contributed by atoms with E-state index in [0.29, 0.717) is 47.0 Å². The Morgan fingerprint density at radius 3 is 2.14 bits per heavy atom. The number of hydrogen-bond donors (Lipinski definition) is 1. The molecule has 3 aromatic carbocycles. The molecule has 0 unspecified atom stereocenters. The number of aliphatic hydroxyl groups is 1. The topological polar surface area (TPSA) is 123 Å². The molecule has 3 rings (SSSR count). The maximum absolute atomic E-state index is 11.6. The lowest BCUT2D eigenvalue weighted by Crippen LogP contribution is -2.31. The number of carbonyl (C=O) groups is 1. The van der Waals surface area contributed by atoms with E-state index in [1.165, 1.54) is 0 Å². The van der Waals surface area contributed by atoms with Gasteiger partial charge in [-0.3, -0.25) is 0 Å². The number of azo groups is 2. The SMILES string of the molecule is C=C(C)C(=O)OCCN(CCO)c1ccc(/N=N/c2ccc(/N=N/c3ccc(C#N)cc3)cc2C)cc1. The lowest BCUT2D eigenvalue weighted by molar-refractivity contribution is -0.138. The highest BCUT2D eigenvalue weighted by molar-refractivity contribution is 5.86. The van der Waals surface area contributed by atoms with Gasteiger partial charge >= 0.3 is 5.97 Å². The van der Waals surface area contributed by atoms with Crippen LogP contribution < -0.4 is 4.90 Å². The zero-order valence-electron chi connectivity index (χ0n) is 20.8. The number of benzene rings is 3. The van der Waals surface area contributed by atoms with Gasteiger partial charge in [0, 0.05) is 17.8 Å². The molecule has 0 amide bonds. The van der Waals surface area contributed by atoms with Gasteiger partial charge in [0.25, 0.3) is 0 Å². The number of carbonyl (C=O) groups excluding carboxylic acids is 1. The van der Waals surface area contributed by atoms with E-state index in [4.69, 9.17) is 10.00 Å². The number of anilines is 1. The number of hydrogen-bond acceptors (Lipinski definition) is 9. The molecule has 0 radical (unpaired) electrons. The minimum absolute atomic E-state index is 0.0296. The first-order chi connectivity index (χ1) is 17.9. The minimum Gasteiger partial charge on any atom is -0.460 e. The van der Waals surface area contributed by atoms with Crippen LogP contribution in [-0.2, 0) is 9.53 Å². The van der Waals surface area contributed by atoms with Gasteiger partial charge in [0.2, 0.25) is 0 Å². The van der Waals surface area contributed by atoms with Crippen LogP contribution in [0.1, 0.15) is 18.1 Å². The van der Waals surface area contributed by atoms with Crippen LogP contribution in [0.5, 0.6) is 0 Å². The summed E-state index contributed by atoms with van der Waals surface area (Å²) in [5.74, 6) is -0.433. The van der Waals surface area contributed by atoms with E-state index >= 15 is 0 Å². The second kappa shape index (κ2) is 13.4. The predicted molar refractivity (Wildman–Crippen MR) is 142 cm³/mol. The van der Waals surface area contributed by atoms with Crippen molar-refractivity contribution in [1.82, 2.24) is 0 Å². The molecular weight excluding hydrogens is 468 g/mol. The first-order valence-electron chi connectivity index (χ1n) is 11.6. The smallest absolute Gasteiger partial charge is 0.333 e. The summed E-state index contributed by atoms with van der Waals surface area (Å²) in [4.78, 5) is 13.5. The quantitative estimate of drug-likeness (QED) is 0.182. The summed E-state index contributed by atoms with van der Waals surface area (Å²) in [7, 11) is 0. The van der Waals surface area contributed by atoms with Crippen LogP contribution in [0.2, 0.25) is 0 Å². The van der Waals surface area contributed by atoms with Crippen molar-refractivity contribution in [2.24, 2.45) is 20.5 Å². The van der Waals surface area contributed by atoms with Crippen molar-refractivity contribution < 1.29 is 14.6 Å². The molecule has 0 heterocycles. The van der Waals surface area contributed by atoms with E-state index in [9.17, 15) is 9.90 Å². The molecule has 9 heteroatoms. The normalized spacial score (nSPS) is 11.0. The zero-order chi connectivity index (χ0) is 26.6. The van der Waals surface area contributed by atoms with Gasteiger partial charge in [-0.2, -0.15) is 25.7 Å². The summed E-state index contributed by atoms with van der Waals surface area (Å²) < 4.78 is 5.16. The van der Waals surface area contributed by atoms with Gasteiger partial charge in [0.15, 0.2) is 0 Å². The van der Waals surface area contributed by atoms with Crippen LogP contribution in [0.3, 0.4) is 0 Å². The highest BCUT2D eigenvalue weighted by Gasteiger charge is 2.09. The molecule has 0 saturated heterocycles. The highest BCUT2D eigenvalue weighted by Crippen LogP contribution is 2.28. The molecule has 1 N–H and O–H groups in total.